The van der Waals surface area contributed by atoms with Gasteiger partial charge in [-0.3, -0.25) is 9.59 Å². The molecule has 5 nitrogen and oxygen atoms in total. The number of carbonyl (C=O) groups excluding carboxylic acids is 2. The summed E-state index contributed by atoms with van der Waals surface area (Å²) in [4.78, 5) is 26.5. The van der Waals surface area contributed by atoms with Crippen molar-refractivity contribution in [3.05, 3.63) is 65.2 Å². The van der Waals surface area contributed by atoms with E-state index < -0.39 is 40.7 Å². The van der Waals surface area contributed by atoms with Crippen LogP contribution in [0, 0.1) is 18.6 Å². The van der Waals surface area contributed by atoms with Crippen molar-refractivity contribution in [1.82, 2.24) is 4.90 Å². The fraction of sp³-hybridized carbons (Fsp3) is 0.263. The lowest BCUT2D eigenvalue weighted by molar-refractivity contribution is -0.151. The summed E-state index contributed by atoms with van der Waals surface area (Å²) < 4.78 is 27.2. The second-order valence-electron chi connectivity index (χ2n) is 6.47. The van der Waals surface area contributed by atoms with Crippen LogP contribution in [0.5, 0.6) is 0 Å². The summed E-state index contributed by atoms with van der Waals surface area (Å²) in [5.74, 6) is -5.12. The molecular weight excluding hydrogens is 342 g/mol. The van der Waals surface area contributed by atoms with Crippen molar-refractivity contribution >= 4 is 17.5 Å². The summed E-state index contributed by atoms with van der Waals surface area (Å²) in [5, 5.41) is 13.1. The molecule has 0 bridgehead atoms. The SMILES string of the molecule is Cc1ccc([C@H]2CN(C)C(=O)[C@]2(O)C(=O)Nc2cccc(F)c2F)cc1. The number of aryl methyl sites for hydroxylation is 1. The molecule has 1 fully saturated rings. The topological polar surface area (TPSA) is 69.6 Å². The molecule has 1 aliphatic rings. The van der Waals surface area contributed by atoms with Gasteiger partial charge in [-0.1, -0.05) is 35.9 Å². The lowest BCUT2D eigenvalue weighted by atomic mass is 9.83. The van der Waals surface area contributed by atoms with E-state index in [-0.39, 0.29) is 6.54 Å². The Hall–Kier alpha value is -2.80. The lowest BCUT2D eigenvalue weighted by Crippen LogP contribution is -2.52. The third kappa shape index (κ3) is 2.84. The number of aliphatic hydroxyl groups is 1. The Morgan fingerprint density at radius 2 is 1.88 bits per heavy atom. The molecule has 7 heteroatoms. The molecule has 2 amide bonds. The van der Waals surface area contributed by atoms with Crippen LogP contribution in [-0.2, 0) is 9.59 Å². The summed E-state index contributed by atoms with van der Waals surface area (Å²) in [6.45, 7) is 2.01. The number of nitrogens with one attached hydrogen (secondary N) is 1. The van der Waals surface area contributed by atoms with Gasteiger partial charge in [-0.05, 0) is 24.6 Å². The van der Waals surface area contributed by atoms with Gasteiger partial charge >= 0.3 is 0 Å². The van der Waals surface area contributed by atoms with Crippen molar-refractivity contribution < 1.29 is 23.5 Å². The van der Waals surface area contributed by atoms with Gasteiger partial charge in [0.15, 0.2) is 11.6 Å². The molecular formula is C19H18F2N2O3. The average molecular weight is 360 g/mol. The molecule has 1 heterocycles. The summed E-state index contributed by atoms with van der Waals surface area (Å²) in [7, 11) is 1.47. The zero-order valence-electron chi connectivity index (χ0n) is 14.3. The third-order valence-corrected chi connectivity index (χ3v) is 4.66. The Bertz CT molecular complexity index is 870. The summed E-state index contributed by atoms with van der Waals surface area (Å²) >= 11 is 0. The first kappa shape index (κ1) is 18.0. The van der Waals surface area contributed by atoms with E-state index in [1.54, 1.807) is 12.1 Å². The minimum Gasteiger partial charge on any atom is -0.371 e. The van der Waals surface area contributed by atoms with Gasteiger partial charge in [-0.2, -0.15) is 0 Å². The minimum atomic E-state index is -2.41. The number of likely N-dealkylation sites (tertiary alicyclic amines) is 1. The van der Waals surface area contributed by atoms with E-state index in [9.17, 15) is 23.5 Å². The Labute approximate surface area is 149 Å². The van der Waals surface area contributed by atoms with Crippen molar-refractivity contribution in [3.63, 3.8) is 0 Å². The monoisotopic (exact) mass is 360 g/mol. The van der Waals surface area contributed by atoms with E-state index >= 15 is 0 Å². The fourth-order valence-electron chi connectivity index (χ4n) is 3.15. The number of benzene rings is 2. The molecule has 2 aromatic rings. The standard InChI is InChI=1S/C19H18F2N2O3/c1-11-6-8-12(9-7-11)13-10-23(2)18(25)19(13,26)17(24)22-15-5-3-4-14(20)16(15)21/h3-9,13,26H,10H2,1-2H3,(H,22,24)/t13-,19-/m1/s1. The zero-order chi connectivity index (χ0) is 19.1. The first-order valence-electron chi connectivity index (χ1n) is 8.05. The smallest absolute Gasteiger partial charge is 0.267 e. The van der Waals surface area contributed by atoms with Gasteiger partial charge in [0.25, 0.3) is 11.8 Å². The molecule has 0 spiro atoms. The zero-order valence-corrected chi connectivity index (χ0v) is 14.3. The van der Waals surface area contributed by atoms with E-state index in [1.807, 2.05) is 19.1 Å². The second kappa shape index (κ2) is 6.49. The van der Waals surface area contributed by atoms with Crippen LogP contribution in [0.15, 0.2) is 42.5 Å². The highest BCUT2D eigenvalue weighted by molar-refractivity contribution is 6.15. The predicted molar refractivity (Wildman–Crippen MR) is 91.5 cm³/mol. The number of likely N-dealkylation sites (N-methyl/N-ethyl adjacent to an activating group) is 1. The largest absolute Gasteiger partial charge is 0.371 e. The van der Waals surface area contributed by atoms with Crippen molar-refractivity contribution in [2.45, 2.75) is 18.4 Å². The number of anilines is 1. The molecule has 0 aromatic heterocycles. The van der Waals surface area contributed by atoms with Crippen LogP contribution < -0.4 is 5.32 Å². The maximum Gasteiger partial charge on any atom is 0.267 e. The summed E-state index contributed by atoms with van der Waals surface area (Å²) in [5.41, 5.74) is -1.26. The molecule has 2 N–H and O–H groups in total. The molecule has 26 heavy (non-hydrogen) atoms. The Morgan fingerprint density at radius 3 is 2.54 bits per heavy atom. The maximum atomic E-state index is 13.8. The number of amides is 2. The molecule has 1 aliphatic heterocycles. The summed E-state index contributed by atoms with van der Waals surface area (Å²) in [6.07, 6.45) is 0. The molecule has 2 aromatic carbocycles. The highest BCUT2D eigenvalue weighted by Gasteiger charge is 2.58. The highest BCUT2D eigenvalue weighted by atomic mass is 19.2. The highest BCUT2D eigenvalue weighted by Crippen LogP contribution is 2.37. The van der Waals surface area contributed by atoms with E-state index in [4.69, 9.17) is 0 Å². The van der Waals surface area contributed by atoms with Gasteiger partial charge in [0, 0.05) is 19.5 Å². The normalized spacial score (nSPS) is 22.6. The van der Waals surface area contributed by atoms with Crippen LogP contribution in [0.2, 0.25) is 0 Å². The number of halogens is 2. The van der Waals surface area contributed by atoms with E-state index in [0.29, 0.717) is 5.56 Å². The summed E-state index contributed by atoms with van der Waals surface area (Å²) in [6, 6.07) is 10.4. The molecule has 3 rings (SSSR count). The van der Waals surface area contributed by atoms with Crippen molar-refractivity contribution in [3.8, 4) is 0 Å². The molecule has 0 saturated carbocycles. The van der Waals surface area contributed by atoms with Crippen LogP contribution in [0.1, 0.15) is 17.0 Å². The molecule has 136 valence electrons. The number of rotatable bonds is 3. The lowest BCUT2D eigenvalue weighted by Gasteiger charge is -2.26. The van der Waals surface area contributed by atoms with Gasteiger partial charge in [0.2, 0.25) is 5.60 Å². The van der Waals surface area contributed by atoms with Crippen LogP contribution in [-0.4, -0.2) is 41.0 Å². The first-order chi connectivity index (χ1) is 12.2. The van der Waals surface area contributed by atoms with E-state index in [2.05, 4.69) is 5.32 Å². The Balaban J connectivity index is 1.97. The van der Waals surface area contributed by atoms with Gasteiger partial charge in [0.05, 0.1) is 5.69 Å². The number of hydrogen-bond acceptors (Lipinski definition) is 3. The Morgan fingerprint density at radius 1 is 1.23 bits per heavy atom. The van der Waals surface area contributed by atoms with Gasteiger partial charge < -0.3 is 15.3 Å². The third-order valence-electron chi connectivity index (χ3n) is 4.66. The maximum absolute atomic E-state index is 13.8. The van der Waals surface area contributed by atoms with Gasteiger partial charge in [0.1, 0.15) is 0 Å². The second-order valence-corrected chi connectivity index (χ2v) is 6.47. The predicted octanol–water partition coefficient (Wildman–Crippen LogP) is 2.20. The first-order valence-corrected chi connectivity index (χ1v) is 8.05. The molecule has 1 saturated heterocycles. The van der Waals surface area contributed by atoms with Crippen LogP contribution in [0.3, 0.4) is 0 Å². The van der Waals surface area contributed by atoms with Crippen LogP contribution in [0.25, 0.3) is 0 Å². The van der Waals surface area contributed by atoms with Gasteiger partial charge in [-0.25, -0.2) is 8.78 Å². The van der Waals surface area contributed by atoms with E-state index in [0.717, 1.165) is 17.7 Å². The van der Waals surface area contributed by atoms with Gasteiger partial charge in [-0.15, -0.1) is 0 Å². The van der Waals surface area contributed by atoms with E-state index in [1.165, 1.54) is 18.0 Å². The fourth-order valence-corrected chi connectivity index (χ4v) is 3.15. The quantitative estimate of drug-likeness (QED) is 0.825. The van der Waals surface area contributed by atoms with Crippen molar-refractivity contribution in [1.29, 1.82) is 0 Å². The van der Waals surface area contributed by atoms with Crippen LogP contribution in [0.4, 0.5) is 14.5 Å². The van der Waals surface area contributed by atoms with Crippen LogP contribution >= 0.6 is 0 Å². The molecule has 2 atom stereocenters. The molecule has 0 radical (unpaired) electrons. The number of hydrogen-bond donors (Lipinski definition) is 2. The number of carbonyl (C=O) groups is 2. The minimum absolute atomic E-state index is 0.122. The molecule has 0 aliphatic carbocycles. The van der Waals surface area contributed by atoms with Crippen molar-refractivity contribution in [2.24, 2.45) is 0 Å². The molecule has 0 unspecified atom stereocenters. The average Bonchev–Trinajstić information content (AvgIpc) is 2.85. The number of nitrogens with zero attached hydrogens (tertiary/aromatic N) is 1. The Kier molecular flexibility index (Phi) is 4.50. The van der Waals surface area contributed by atoms with Crippen molar-refractivity contribution in [2.75, 3.05) is 18.9 Å².